The highest BCUT2D eigenvalue weighted by molar-refractivity contribution is 6.49. The van der Waals surface area contributed by atoms with E-state index in [2.05, 4.69) is 5.32 Å². The van der Waals surface area contributed by atoms with Crippen LogP contribution in [0.2, 0.25) is 10.0 Å². The number of carbonyl (C=O) groups excluding carboxylic acids is 1. The van der Waals surface area contributed by atoms with Crippen LogP contribution in [0.4, 0.5) is 0 Å². The average molecular weight is 326 g/mol. The summed E-state index contributed by atoms with van der Waals surface area (Å²) in [5.41, 5.74) is 0.630. The van der Waals surface area contributed by atoms with E-state index in [9.17, 15) is 9.90 Å². The molecule has 2 aliphatic rings. The molecule has 0 radical (unpaired) electrons. The van der Waals surface area contributed by atoms with Crippen molar-refractivity contribution in [2.45, 2.75) is 18.4 Å². The highest BCUT2D eigenvalue weighted by Gasteiger charge is 2.47. The van der Waals surface area contributed by atoms with Gasteiger partial charge in [0.15, 0.2) is 0 Å². The number of benzene rings is 1. The lowest BCUT2D eigenvalue weighted by atomic mass is 9.87. The Balaban J connectivity index is 2.17. The number of ether oxygens (including phenoxy) is 1. The van der Waals surface area contributed by atoms with Gasteiger partial charge in [0.1, 0.15) is 19.1 Å². The molecule has 0 aliphatic carbocycles. The molecule has 1 aromatic carbocycles. The molecule has 21 heavy (non-hydrogen) atoms. The topological polar surface area (TPSA) is 58.6 Å². The maximum atomic E-state index is 12.4. The molecular formula is C14H14BCl2NO3. The molecule has 1 saturated heterocycles. The van der Waals surface area contributed by atoms with Crippen molar-refractivity contribution in [3.8, 4) is 0 Å². The molecule has 3 rings (SSSR count). The van der Waals surface area contributed by atoms with Crippen molar-refractivity contribution in [2.75, 3.05) is 13.2 Å². The largest absolute Gasteiger partial charge is 0.509 e. The Hall–Kier alpha value is -1.17. The van der Waals surface area contributed by atoms with Gasteiger partial charge in [0.25, 0.3) is 5.91 Å². The molecule has 2 N–H and O–H groups in total. The molecule has 110 valence electrons. The maximum Gasteiger partial charge on any atom is 0.256 e. The first-order valence-electron chi connectivity index (χ1n) is 6.75. The summed E-state index contributed by atoms with van der Waals surface area (Å²) in [5.74, 6) is -0.325. The summed E-state index contributed by atoms with van der Waals surface area (Å²) in [6.45, 7) is 0.986. The highest BCUT2D eigenvalue weighted by atomic mass is 35.5. The molecule has 1 aromatic rings. The molecule has 0 saturated carbocycles. The van der Waals surface area contributed by atoms with Gasteiger partial charge in [0.05, 0.1) is 10.6 Å². The average Bonchev–Trinajstić information content (AvgIpc) is 2.69. The zero-order chi connectivity index (χ0) is 15.2. The summed E-state index contributed by atoms with van der Waals surface area (Å²) >= 11 is 12.5. The van der Waals surface area contributed by atoms with E-state index < -0.39 is 5.54 Å². The van der Waals surface area contributed by atoms with Crippen LogP contribution in [0.5, 0.6) is 0 Å². The highest BCUT2D eigenvalue weighted by Crippen LogP contribution is 2.41. The van der Waals surface area contributed by atoms with Gasteiger partial charge in [0.2, 0.25) is 0 Å². The molecular weight excluding hydrogens is 312 g/mol. The first-order valence-corrected chi connectivity index (χ1v) is 7.51. The van der Waals surface area contributed by atoms with Gasteiger partial charge < -0.3 is 15.2 Å². The van der Waals surface area contributed by atoms with Crippen molar-refractivity contribution in [1.82, 2.24) is 5.32 Å². The Bertz CT molecular complexity index is 654. The van der Waals surface area contributed by atoms with Gasteiger partial charge in [-0.15, -0.1) is 0 Å². The van der Waals surface area contributed by atoms with Gasteiger partial charge in [0, 0.05) is 36.6 Å². The van der Waals surface area contributed by atoms with Gasteiger partial charge in [-0.3, -0.25) is 4.79 Å². The number of halogens is 2. The van der Waals surface area contributed by atoms with Crippen LogP contribution in [0.15, 0.2) is 17.9 Å². The quantitative estimate of drug-likeness (QED) is 0.763. The third-order valence-electron chi connectivity index (χ3n) is 4.15. The molecule has 0 atom stereocenters. The Labute approximate surface area is 133 Å². The fourth-order valence-electron chi connectivity index (χ4n) is 2.89. The lowest BCUT2D eigenvalue weighted by Crippen LogP contribution is -2.48. The summed E-state index contributed by atoms with van der Waals surface area (Å²) in [4.78, 5) is 12.4. The molecule has 2 heterocycles. The van der Waals surface area contributed by atoms with Crippen LogP contribution in [-0.2, 0) is 9.53 Å². The molecule has 0 bridgehead atoms. The number of carbonyl (C=O) groups is 1. The van der Waals surface area contributed by atoms with Crippen LogP contribution in [0.25, 0.3) is 5.57 Å². The standard InChI is InChI=1S/C14H14BCl2NO3/c15-7-1-2-8(16)9(11(7)17)10-12(19)14(18-13(10)20)3-5-21-6-4-14/h1-2,19H,3-6,15H2,(H,18,20). The van der Waals surface area contributed by atoms with Crippen molar-refractivity contribution < 1.29 is 14.6 Å². The minimum Gasteiger partial charge on any atom is -0.509 e. The summed E-state index contributed by atoms with van der Waals surface area (Å²) in [7, 11) is 1.83. The molecule has 0 aromatic heterocycles. The Morgan fingerprint density at radius 2 is 1.95 bits per heavy atom. The second-order valence-corrected chi connectivity index (χ2v) is 6.21. The normalized spacial score (nSPS) is 21.0. The fourth-order valence-corrected chi connectivity index (χ4v) is 3.44. The van der Waals surface area contributed by atoms with Gasteiger partial charge in [-0.05, 0) is 6.07 Å². The van der Waals surface area contributed by atoms with Crippen molar-refractivity contribution in [1.29, 1.82) is 0 Å². The number of nitrogens with one attached hydrogen (secondary N) is 1. The van der Waals surface area contributed by atoms with E-state index in [1.807, 2.05) is 7.85 Å². The van der Waals surface area contributed by atoms with Crippen LogP contribution >= 0.6 is 23.2 Å². The lowest BCUT2D eigenvalue weighted by Gasteiger charge is -2.33. The van der Waals surface area contributed by atoms with Gasteiger partial charge >= 0.3 is 0 Å². The Morgan fingerprint density at radius 1 is 1.29 bits per heavy atom. The molecule has 1 fully saturated rings. The van der Waals surface area contributed by atoms with E-state index in [0.29, 0.717) is 41.7 Å². The number of aliphatic hydroxyl groups is 1. The zero-order valence-corrected chi connectivity index (χ0v) is 13.0. The van der Waals surface area contributed by atoms with Crippen molar-refractivity contribution in [3.05, 3.63) is 33.5 Å². The van der Waals surface area contributed by atoms with Gasteiger partial charge in [-0.25, -0.2) is 0 Å². The third-order valence-corrected chi connectivity index (χ3v) is 4.95. The minimum atomic E-state index is -0.749. The smallest absolute Gasteiger partial charge is 0.256 e. The van der Waals surface area contributed by atoms with Gasteiger partial charge in [-0.2, -0.15) is 0 Å². The summed E-state index contributed by atoms with van der Waals surface area (Å²) in [6, 6.07) is 3.46. The first kappa shape index (κ1) is 14.8. The third kappa shape index (κ3) is 2.24. The summed E-state index contributed by atoms with van der Waals surface area (Å²) < 4.78 is 5.31. The van der Waals surface area contributed by atoms with Crippen molar-refractivity contribution >= 4 is 48.0 Å². The predicted octanol–water partition coefficient (Wildman–Crippen LogP) is 1.20. The van der Waals surface area contributed by atoms with E-state index in [0.717, 1.165) is 5.46 Å². The van der Waals surface area contributed by atoms with E-state index in [1.165, 1.54) is 0 Å². The number of hydrogen-bond acceptors (Lipinski definition) is 3. The van der Waals surface area contributed by atoms with Crippen molar-refractivity contribution in [3.63, 3.8) is 0 Å². The number of hydrogen-bond donors (Lipinski definition) is 2. The van der Waals surface area contributed by atoms with Crippen molar-refractivity contribution in [2.24, 2.45) is 0 Å². The Kier molecular flexibility index (Phi) is 3.68. The monoisotopic (exact) mass is 325 g/mol. The summed E-state index contributed by atoms with van der Waals surface area (Å²) in [6.07, 6.45) is 1.07. The summed E-state index contributed by atoms with van der Waals surface area (Å²) in [5, 5.41) is 14.3. The molecule has 7 heteroatoms. The minimum absolute atomic E-state index is 0.0187. The second-order valence-electron chi connectivity index (χ2n) is 5.43. The molecule has 1 amide bonds. The number of amides is 1. The molecule has 4 nitrogen and oxygen atoms in total. The van der Waals surface area contributed by atoms with Crippen LogP contribution in [0, 0.1) is 0 Å². The van der Waals surface area contributed by atoms with E-state index in [-0.39, 0.29) is 17.2 Å². The van der Waals surface area contributed by atoms with Crippen LogP contribution in [-0.4, -0.2) is 37.6 Å². The molecule has 1 spiro atoms. The van der Waals surface area contributed by atoms with Crippen LogP contribution < -0.4 is 10.8 Å². The second kappa shape index (κ2) is 5.23. The van der Waals surface area contributed by atoms with Crippen LogP contribution in [0.3, 0.4) is 0 Å². The first-order chi connectivity index (χ1) is 9.96. The maximum absolute atomic E-state index is 12.4. The zero-order valence-electron chi connectivity index (χ0n) is 11.5. The van der Waals surface area contributed by atoms with E-state index in [1.54, 1.807) is 12.1 Å². The fraction of sp³-hybridized carbons (Fsp3) is 0.357. The Morgan fingerprint density at radius 3 is 2.62 bits per heavy atom. The van der Waals surface area contributed by atoms with E-state index >= 15 is 0 Å². The molecule has 2 aliphatic heterocycles. The van der Waals surface area contributed by atoms with E-state index in [4.69, 9.17) is 27.9 Å². The molecule has 0 unspecified atom stereocenters. The number of aliphatic hydroxyl groups excluding tert-OH is 1. The lowest BCUT2D eigenvalue weighted by molar-refractivity contribution is -0.117. The van der Waals surface area contributed by atoms with Gasteiger partial charge in [-0.1, -0.05) is 34.7 Å². The number of rotatable bonds is 1. The van der Waals surface area contributed by atoms with Crippen LogP contribution in [0.1, 0.15) is 18.4 Å². The predicted molar refractivity (Wildman–Crippen MR) is 85.1 cm³/mol. The SMILES string of the molecule is Bc1ccc(Cl)c(C2=C(O)C3(CCOCC3)NC2=O)c1Cl.